The van der Waals surface area contributed by atoms with Gasteiger partial charge in [0, 0.05) is 43.7 Å². The van der Waals surface area contributed by atoms with E-state index in [1.165, 1.54) is 0 Å². The van der Waals surface area contributed by atoms with Gasteiger partial charge in [-0.15, -0.1) is 0 Å². The number of piperidine rings is 1. The summed E-state index contributed by atoms with van der Waals surface area (Å²) in [5, 5.41) is 13.9. The van der Waals surface area contributed by atoms with Gasteiger partial charge in [-0.25, -0.2) is 0 Å². The summed E-state index contributed by atoms with van der Waals surface area (Å²) in [4.78, 5) is 23.8. The number of aromatic nitrogens is 2. The van der Waals surface area contributed by atoms with Gasteiger partial charge in [-0.05, 0) is 49.3 Å². The van der Waals surface area contributed by atoms with E-state index in [0.29, 0.717) is 37.3 Å². The first kappa shape index (κ1) is 21.2. The first-order valence-electron chi connectivity index (χ1n) is 11.0. The number of nitrogens with zero attached hydrogens (tertiary/aromatic N) is 2. The van der Waals surface area contributed by atoms with E-state index in [1.54, 1.807) is 29.9 Å². The monoisotopic (exact) mass is 449 g/mol. The van der Waals surface area contributed by atoms with Crippen molar-refractivity contribution < 1.29 is 22.8 Å². The third kappa shape index (κ3) is 3.64. The van der Waals surface area contributed by atoms with Crippen molar-refractivity contribution in [3.05, 3.63) is 23.9 Å². The van der Waals surface area contributed by atoms with Crippen LogP contribution in [-0.2, 0) is 16.6 Å². The highest BCUT2D eigenvalue weighted by atomic mass is 19.4. The number of rotatable bonds is 3. The molecule has 1 saturated carbocycles. The Hall–Kier alpha value is -2.62. The van der Waals surface area contributed by atoms with Crippen molar-refractivity contribution >= 4 is 28.4 Å². The molecule has 2 aliphatic heterocycles. The molecule has 1 aromatic carbocycles. The molecule has 1 unspecified atom stereocenters. The number of alkyl halides is 3. The average molecular weight is 449 g/mol. The zero-order chi connectivity index (χ0) is 22.7. The van der Waals surface area contributed by atoms with E-state index in [2.05, 4.69) is 21.0 Å². The van der Waals surface area contributed by atoms with Gasteiger partial charge in [0.05, 0.1) is 23.0 Å². The van der Waals surface area contributed by atoms with E-state index < -0.39 is 24.1 Å². The molecule has 2 aromatic rings. The first-order valence-corrected chi connectivity index (χ1v) is 11.0. The number of halogens is 3. The van der Waals surface area contributed by atoms with Crippen LogP contribution in [0.15, 0.2) is 18.2 Å². The van der Waals surface area contributed by atoms with E-state index in [4.69, 9.17) is 0 Å². The van der Waals surface area contributed by atoms with E-state index in [1.807, 2.05) is 0 Å². The molecule has 1 spiro atoms. The van der Waals surface area contributed by atoms with Crippen LogP contribution in [0.1, 0.15) is 43.7 Å². The molecule has 0 radical (unpaired) electrons. The molecule has 0 bridgehead atoms. The lowest BCUT2D eigenvalue weighted by Crippen LogP contribution is -2.59. The molecule has 5 rings (SSSR count). The summed E-state index contributed by atoms with van der Waals surface area (Å²) in [6, 6.07) is 4.66. The smallest absolute Gasteiger partial charge is 0.382 e. The summed E-state index contributed by atoms with van der Waals surface area (Å²) in [6.45, 7) is 1.33. The number of fused-ring (bicyclic) bond motifs is 1. The Balaban J connectivity index is 1.40. The topological polar surface area (TPSA) is 88.0 Å². The molecule has 2 amide bonds. The standard InChI is InChI=1S/C22H26F3N5O2/c1-30-17-8-12(2-3-13(17)19(29-30)14-4-5-18(31)28-20(14)32)27-16-6-7-21(10-26-11-21)9-15(16)22(23,24)25/h2-3,8,14-16,26-27H,4-7,9-11H2,1H3,(H,28,31,32)/t14?,15-,16+/m0/s1. The summed E-state index contributed by atoms with van der Waals surface area (Å²) < 4.78 is 43.2. The highest BCUT2D eigenvalue weighted by Crippen LogP contribution is 2.48. The average Bonchev–Trinajstić information content (AvgIpc) is 3.02. The van der Waals surface area contributed by atoms with Crippen LogP contribution < -0.4 is 16.0 Å². The molecule has 3 heterocycles. The molecule has 1 aromatic heterocycles. The van der Waals surface area contributed by atoms with E-state index in [0.717, 1.165) is 17.3 Å². The molecule has 1 aliphatic carbocycles. The second-order valence-electron chi connectivity index (χ2n) is 9.49. The summed E-state index contributed by atoms with van der Waals surface area (Å²) in [7, 11) is 1.74. The Morgan fingerprint density at radius 2 is 2.00 bits per heavy atom. The van der Waals surface area contributed by atoms with Crippen LogP contribution >= 0.6 is 0 Å². The molecule has 3 atom stereocenters. The van der Waals surface area contributed by atoms with E-state index >= 15 is 0 Å². The van der Waals surface area contributed by atoms with Gasteiger partial charge in [0.15, 0.2) is 0 Å². The van der Waals surface area contributed by atoms with Crippen LogP contribution in [0.4, 0.5) is 18.9 Å². The molecule has 172 valence electrons. The Morgan fingerprint density at radius 3 is 2.66 bits per heavy atom. The summed E-state index contributed by atoms with van der Waals surface area (Å²) >= 11 is 0. The largest absolute Gasteiger partial charge is 0.393 e. The maximum absolute atomic E-state index is 13.9. The lowest BCUT2D eigenvalue weighted by Gasteiger charge is -2.51. The molecule has 32 heavy (non-hydrogen) atoms. The summed E-state index contributed by atoms with van der Waals surface area (Å²) in [5.41, 5.74) is 1.71. The molecule has 3 fully saturated rings. The van der Waals surface area contributed by atoms with Gasteiger partial charge in [0.1, 0.15) is 0 Å². The van der Waals surface area contributed by atoms with Crippen molar-refractivity contribution in [2.24, 2.45) is 18.4 Å². The van der Waals surface area contributed by atoms with E-state index in [9.17, 15) is 22.8 Å². The summed E-state index contributed by atoms with van der Waals surface area (Å²) in [5.74, 6) is -2.56. The maximum atomic E-state index is 13.9. The lowest BCUT2D eigenvalue weighted by molar-refractivity contribution is -0.198. The Labute approximate surface area is 183 Å². The number of anilines is 1. The van der Waals surface area contributed by atoms with Gasteiger partial charge < -0.3 is 10.6 Å². The van der Waals surface area contributed by atoms with Crippen LogP contribution in [0.25, 0.3) is 10.9 Å². The van der Waals surface area contributed by atoms with Crippen molar-refractivity contribution in [3.63, 3.8) is 0 Å². The summed E-state index contributed by atoms with van der Waals surface area (Å²) in [6.07, 6.45) is -2.21. The van der Waals surface area contributed by atoms with Gasteiger partial charge in [-0.1, -0.05) is 0 Å². The zero-order valence-corrected chi connectivity index (χ0v) is 17.8. The number of hydrogen-bond donors (Lipinski definition) is 3. The number of amides is 2. The fraction of sp³-hybridized carbons (Fsp3) is 0.591. The van der Waals surface area contributed by atoms with Crippen molar-refractivity contribution in [1.82, 2.24) is 20.4 Å². The second-order valence-corrected chi connectivity index (χ2v) is 9.49. The highest BCUT2D eigenvalue weighted by molar-refractivity contribution is 6.02. The molecule has 3 N–H and O–H groups in total. The molecule has 10 heteroatoms. The Kier molecular flexibility index (Phi) is 4.96. The van der Waals surface area contributed by atoms with Crippen LogP contribution in [0.3, 0.4) is 0 Å². The number of aryl methyl sites for hydroxylation is 1. The Morgan fingerprint density at radius 1 is 1.22 bits per heavy atom. The number of imide groups is 1. The Bertz CT molecular complexity index is 1080. The minimum Gasteiger partial charge on any atom is -0.382 e. The first-order chi connectivity index (χ1) is 15.2. The number of benzene rings is 1. The molecular formula is C22H26F3N5O2. The lowest BCUT2D eigenvalue weighted by atomic mass is 9.64. The molecule has 7 nitrogen and oxygen atoms in total. The van der Waals surface area contributed by atoms with Crippen LogP contribution in [0.5, 0.6) is 0 Å². The van der Waals surface area contributed by atoms with Crippen LogP contribution in [-0.4, -0.2) is 46.9 Å². The van der Waals surface area contributed by atoms with Gasteiger partial charge >= 0.3 is 6.18 Å². The van der Waals surface area contributed by atoms with Crippen molar-refractivity contribution in [2.75, 3.05) is 18.4 Å². The van der Waals surface area contributed by atoms with Gasteiger partial charge in [0.2, 0.25) is 11.8 Å². The third-order valence-corrected chi connectivity index (χ3v) is 7.35. The number of hydrogen-bond acceptors (Lipinski definition) is 5. The number of carbonyl (C=O) groups is 2. The quantitative estimate of drug-likeness (QED) is 0.628. The van der Waals surface area contributed by atoms with Gasteiger partial charge in [0.25, 0.3) is 0 Å². The fourth-order valence-corrected chi connectivity index (χ4v) is 5.49. The van der Waals surface area contributed by atoms with Crippen molar-refractivity contribution in [1.29, 1.82) is 0 Å². The fourth-order valence-electron chi connectivity index (χ4n) is 5.49. The third-order valence-electron chi connectivity index (χ3n) is 7.35. The number of nitrogens with one attached hydrogen (secondary N) is 3. The predicted molar refractivity (Wildman–Crippen MR) is 112 cm³/mol. The molecule has 2 saturated heterocycles. The second kappa shape index (κ2) is 7.47. The maximum Gasteiger partial charge on any atom is 0.393 e. The zero-order valence-electron chi connectivity index (χ0n) is 17.8. The van der Waals surface area contributed by atoms with E-state index in [-0.39, 0.29) is 30.1 Å². The van der Waals surface area contributed by atoms with Gasteiger partial charge in [-0.3, -0.25) is 19.6 Å². The van der Waals surface area contributed by atoms with Crippen LogP contribution in [0.2, 0.25) is 0 Å². The van der Waals surface area contributed by atoms with Crippen LogP contribution in [0, 0.1) is 11.3 Å². The minimum atomic E-state index is -4.25. The SMILES string of the molecule is Cn1nc(C2CCC(=O)NC2=O)c2ccc(N[C@@H]3CCC4(CNC4)C[C@@H]3C(F)(F)F)cc21. The molecular weight excluding hydrogens is 423 g/mol. The van der Waals surface area contributed by atoms with Gasteiger partial charge in [-0.2, -0.15) is 18.3 Å². The predicted octanol–water partition coefficient (Wildman–Crippen LogP) is 2.83. The highest BCUT2D eigenvalue weighted by Gasteiger charge is 2.54. The van der Waals surface area contributed by atoms with Crippen molar-refractivity contribution in [2.45, 2.75) is 50.2 Å². The normalized spacial score (nSPS) is 27.9. The number of carbonyl (C=O) groups excluding carboxylic acids is 2. The molecule has 3 aliphatic rings. The minimum absolute atomic E-state index is 0.148. The van der Waals surface area contributed by atoms with Crippen molar-refractivity contribution in [3.8, 4) is 0 Å².